The Balaban J connectivity index is 1.72. The molecule has 1 fully saturated rings. The van der Waals surface area contributed by atoms with Crippen molar-refractivity contribution in [3.8, 4) is 5.75 Å². The number of nitrogens with zero attached hydrogens (tertiary/aromatic N) is 3. The number of aryl methyl sites for hydroxylation is 1. The number of aromatic nitrogens is 2. The Morgan fingerprint density at radius 1 is 1.35 bits per heavy atom. The fourth-order valence-corrected chi connectivity index (χ4v) is 3.13. The maximum atomic E-state index is 12.6. The van der Waals surface area contributed by atoms with Crippen LogP contribution in [-0.4, -0.2) is 41.3 Å². The molecule has 0 saturated carbocycles. The van der Waals surface area contributed by atoms with E-state index in [1.54, 1.807) is 29.8 Å². The molecule has 0 unspecified atom stereocenters. The van der Waals surface area contributed by atoms with Gasteiger partial charge in [-0.05, 0) is 24.1 Å². The van der Waals surface area contributed by atoms with Gasteiger partial charge in [-0.25, -0.2) is 0 Å². The van der Waals surface area contributed by atoms with E-state index in [-0.39, 0.29) is 30.2 Å². The number of benzene rings is 1. The van der Waals surface area contributed by atoms with Crippen LogP contribution in [-0.2, 0) is 11.8 Å². The van der Waals surface area contributed by atoms with Crippen LogP contribution in [0.5, 0.6) is 5.75 Å². The number of para-hydroxylation sites is 2. The van der Waals surface area contributed by atoms with Crippen molar-refractivity contribution in [2.75, 3.05) is 18.6 Å². The summed E-state index contributed by atoms with van der Waals surface area (Å²) in [6.45, 7) is 4.48. The molecule has 1 saturated heterocycles. The quantitative estimate of drug-likeness (QED) is 0.890. The lowest BCUT2D eigenvalue weighted by molar-refractivity contribution is -0.117. The van der Waals surface area contributed by atoms with Crippen LogP contribution in [0.2, 0.25) is 0 Å². The zero-order valence-corrected chi connectivity index (χ0v) is 15.5. The van der Waals surface area contributed by atoms with E-state index in [0.29, 0.717) is 18.0 Å². The molecule has 1 aliphatic rings. The molecule has 1 aliphatic heterocycles. The Labute approximate surface area is 152 Å². The fourth-order valence-electron chi connectivity index (χ4n) is 3.13. The average Bonchev–Trinajstić information content (AvgIpc) is 3.17. The molecule has 26 heavy (non-hydrogen) atoms. The van der Waals surface area contributed by atoms with Gasteiger partial charge >= 0.3 is 0 Å². The van der Waals surface area contributed by atoms with E-state index in [1.165, 1.54) is 0 Å². The highest BCUT2D eigenvalue weighted by atomic mass is 16.5. The van der Waals surface area contributed by atoms with E-state index >= 15 is 0 Å². The SMILES string of the molecule is COc1ccccc1N1C[C@@H](NC(=O)c2cc(C(C)C)nn2C)CC1=O. The molecule has 1 atom stereocenters. The normalized spacial score (nSPS) is 17.0. The van der Waals surface area contributed by atoms with Gasteiger partial charge < -0.3 is 15.0 Å². The Hall–Kier alpha value is -2.83. The molecule has 2 heterocycles. The summed E-state index contributed by atoms with van der Waals surface area (Å²) in [5.41, 5.74) is 2.09. The molecule has 2 aromatic rings. The molecule has 1 N–H and O–H groups in total. The van der Waals surface area contributed by atoms with Crippen molar-refractivity contribution in [2.24, 2.45) is 7.05 Å². The van der Waals surface area contributed by atoms with Crippen molar-refractivity contribution in [3.63, 3.8) is 0 Å². The van der Waals surface area contributed by atoms with Crippen LogP contribution < -0.4 is 15.0 Å². The van der Waals surface area contributed by atoms with Crippen LogP contribution in [0.15, 0.2) is 30.3 Å². The molecule has 3 rings (SSSR count). The second-order valence-corrected chi connectivity index (χ2v) is 6.78. The molecule has 7 nitrogen and oxygen atoms in total. The summed E-state index contributed by atoms with van der Waals surface area (Å²) in [4.78, 5) is 26.7. The van der Waals surface area contributed by atoms with Crippen LogP contribution in [0.4, 0.5) is 5.69 Å². The molecule has 138 valence electrons. The number of methoxy groups -OCH3 is 1. The third-order valence-electron chi connectivity index (χ3n) is 4.56. The summed E-state index contributed by atoms with van der Waals surface area (Å²) >= 11 is 0. The van der Waals surface area contributed by atoms with E-state index in [0.717, 1.165) is 11.4 Å². The van der Waals surface area contributed by atoms with Crippen molar-refractivity contribution in [1.82, 2.24) is 15.1 Å². The number of nitrogens with one attached hydrogen (secondary N) is 1. The summed E-state index contributed by atoms with van der Waals surface area (Å²) in [5.74, 6) is 0.636. The molecule has 1 aromatic heterocycles. The predicted molar refractivity (Wildman–Crippen MR) is 98.5 cm³/mol. The number of hydrogen-bond acceptors (Lipinski definition) is 4. The minimum Gasteiger partial charge on any atom is -0.495 e. The molecular weight excluding hydrogens is 332 g/mol. The Morgan fingerprint density at radius 2 is 2.08 bits per heavy atom. The zero-order chi connectivity index (χ0) is 18.8. The Morgan fingerprint density at radius 3 is 2.73 bits per heavy atom. The molecule has 0 spiro atoms. The third-order valence-corrected chi connectivity index (χ3v) is 4.56. The average molecular weight is 356 g/mol. The van der Waals surface area contributed by atoms with Crippen molar-refractivity contribution in [1.29, 1.82) is 0 Å². The van der Waals surface area contributed by atoms with E-state index in [9.17, 15) is 9.59 Å². The van der Waals surface area contributed by atoms with Gasteiger partial charge in [0.2, 0.25) is 5.91 Å². The van der Waals surface area contributed by atoms with Gasteiger partial charge in [-0.3, -0.25) is 14.3 Å². The van der Waals surface area contributed by atoms with Crippen LogP contribution in [0, 0.1) is 0 Å². The molecule has 0 radical (unpaired) electrons. The van der Waals surface area contributed by atoms with Crippen molar-refractivity contribution < 1.29 is 14.3 Å². The number of carbonyl (C=O) groups excluding carboxylic acids is 2. The maximum absolute atomic E-state index is 12.6. The minimum absolute atomic E-state index is 0.0346. The molecule has 1 aromatic carbocycles. The van der Waals surface area contributed by atoms with Crippen LogP contribution in [0.1, 0.15) is 42.4 Å². The summed E-state index contributed by atoms with van der Waals surface area (Å²) in [6, 6.07) is 8.93. The monoisotopic (exact) mass is 356 g/mol. The predicted octanol–water partition coefficient (Wildman–Crippen LogP) is 2.09. The first kappa shape index (κ1) is 18.0. The smallest absolute Gasteiger partial charge is 0.269 e. The van der Waals surface area contributed by atoms with Crippen LogP contribution in [0.3, 0.4) is 0 Å². The number of hydrogen-bond donors (Lipinski definition) is 1. The van der Waals surface area contributed by atoms with Crippen LogP contribution >= 0.6 is 0 Å². The van der Waals surface area contributed by atoms with E-state index in [4.69, 9.17) is 4.74 Å². The van der Waals surface area contributed by atoms with E-state index in [2.05, 4.69) is 10.4 Å². The zero-order valence-electron chi connectivity index (χ0n) is 15.5. The van der Waals surface area contributed by atoms with E-state index in [1.807, 2.05) is 38.1 Å². The first-order valence-corrected chi connectivity index (χ1v) is 8.69. The summed E-state index contributed by atoms with van der Waals surface area (Å²) in [5, 5.41) is 7.32. The highest BCUT2D eigenvalue weighted by Crippen LogP contribution is 2.31. The van der Waals surface area contributed by atoms with E-state index < -0.39 is 0 Å². The summed E-state index contributed by atoms with van der Waals surface area (Å²) in [7, 11) is 3.33. The lowest BCUT2D eigenvalue weighted by atomic mass is 10.1. The van der Waals surface area contributed by atoms with Gasteiger partial charge in [0.05, 0.1) is 24.5 Å². The lowest BCUT2D eigenvalue weighted by Gasteiger charge is -2.19. The topological polar surface area (TPSA) is 76.5 Å². The molecular formula is C19H24N4O3. The van der Waals surface area contributed by atoms with Crippen molar-refractivity contribution in [2.45, 2.75) is 32.2 Å². The first-order chi connectivity index (χ1) is 12.4. The summed E-state index contributed by atoms with van der Waals surface area (Å²) in [6.07, 6.45) is 0.263. The second-order valence-electron chi connectivity index (χ2n) is 6.78. The number of amides is 2. The molecule has 2 amide bonds. The molecule has 0 bridgehead atoms. The fraction of sp³-hybridized carbons (Fsp3) is 0.421. The van der Waals surface area contributed by atoms with Gasteiger partial charge in [-0.15, -0.1) is 0 Å². The maximum Gasteiger partial charge on any atom is 0.269 e. The van der Waals surface area contributed by atoms with Crippen molar-refractivity contribution >= 4 is 17.5 Å². The molecule has 0 aliphatic carbocycles. The minimum atomic E-state index is -0.252. The first-order valence-electron chi connectivity index (χ1n) is 8.69. The van der Waals surface area contributed by atoms with Gasteiger partial charge in [0.25, 0.3) is 5.91 Å². The Kier molecular flexibility index (Phi) is 4.97. The number of rotatable bonds is 5. The summed E-state index contributed by atoms with van der Waals surface area (Å²) < 4.78 is 6.92. The third kappa shape index (κ3) is 3.42. The highest BCUT2D eigenvalue weighted by molar-refractivity contribution is 5.99. The molecule has 7 heteroatoms. The van der Waals surface area contributed by atoms with Crippen LogP contribution in [0.25, 0.3) is 0 Å². The van der Waals surface area contributed by atoms with Gasteiger partial charge in [-0.1, -0.05) is 26.0 Å². The van der Waals surface area contributed by atoms with Crippen molar-refractivity contribution in [3.05, 3.63) is 41.7 Å². The Bertz CT molecular complexity index is 828. The lowest BCUT2D eigenvalue weighted by Crippen LogP contribution is -2.38. The van der Waals surface area contributed by atoms with Gasteiger partial charge in [0.1, 0.15) is 11.4 Å². The van der Waals surface area contributed by atoms with Gasteiger partial charge in [0, 0.05) is 20.0 Å². The van der Waals surface area contributed by atoms with Gasteiger partial charge in [0.15, 0.2) is 0 Å². The van der Waals surface area contributed by atoms with Gasteiger partial charge in [-0.2, -0.15) is 5.10 Å². The number of ether oxygens (including phenoxy) is 1. The highest BCUT2D eigenvalue weighted by Gasteiger charge is 2.33. The largest absolute Gasteiger partial charge is 0.495 e. The number of anilines is 1. The standard InChI is InChI=1S/C19H24N4O3/c1-12(2)14-10-16(22(3)21-14)19(25)20-13-9-18(24)23(11-13)15-7-5-6-8-17(15)26-4/h5-8,10,12-13H,9,11H2,1-4H3,(H,20,25)/t13-/m0/s1. The number of carbonyl (C=O) groups is 2. The second kappa shape index (κ2) is 7.19.